The molecule has 0 atom stereocenters. The van der Waals surface area contributed by atoms with E-state index in [0.717, 1.165) is 84.4 Å². The van der Waals surface area contributed by atoms with Crippen LogP contribution in [0, 0.1) is 6.92 Å². The zero-order valence-electron chi connectivity index (χ0n) is 15.6. The van der Waals surface area contributed by atoms with Crippen molar-refractivity contribution in [3.05, 3.63) is 47.5 Å². The summed E-state index contributed by atoms with van der Waals surface area (Å²) in [7, 11) is 0. The average molecular weight is 361 g/mol. The Bertz CT molecular complexity index is 1040. The highest BCUT2D eigenvalue weighted by atomic mass is 16.5. The quantitative estimate of drug-likeness (QED) is 0.669. The number of hydrogen-bond donors (Lipinski definition) is 0. The molecule has 0 aliphatic carbocycles. The number of pyridine rings is 1. The number of carbonyl (C=O) groups is 1. The fourth-order valence-electron chi connectivity index (χ4n) is 4.28. The molecule has 5 nitrogen and oxygen atoms in total. The summed E-state index contributed by atoms with van der Waals surface area (Å²) in [4.78, 5) is 22.5. The molecule has 0 spiro atoms. The van der Waals surface area contributed by atoms with Crippen molar-refractivity contribution >= 4 is 33.4 Å². The Morgan fingerprint density at radius 2 is 1.93 bits per heavy atom. The van der Waals surface area contributed by atoms with Crippen molar-refractivity contribution in [1.82, 2.24) is 9.88 Å². The summed E-state index contributed by atoms with van der Waals surface area (Å²) in [5.74, 6) is 0.112. The van der Waals surface area contributed by atoms with Crippen LogP contribution < -0.4 is 4.90 Å². The molecule has 0 saturated carbocycles. The van der Waals surface area contributed by atoms with E-state index in [1.165, 1.54) is 0 Å². The van der Waals surface area contributed by atoms with Crippen molar-refractivity contribution in [2.45, 2.75) is 13.3 Å². The van der Waals surface area contributed by atoms with E-state index in [0.29, 0.717) is 0 Å². The topological polar surface area (TPSA) is 45.7 Å². The van der Waals surface area contributed by atoms with Gasteiger partial charge in [-0.3, -0.25) is 9.69 Å². The van der Waals surface area contributed by atoms with Crippen LogP contribution in [0.5, 0.6) is 0 Å². The zero-order chi connectivity index (χ0) is 18.4. The Hall–Kier alpha value is -2.50. The summed E-state index contributed by atoms with van der Waals surface area (Å²) in [6.45, 7) is 7.38. The van der Waals surface area contributed by atoms with E-state index >= 15 is 0 Å². The van der Waals surface area contributed by atoms with Crippen LogP contribution in [-0.4, -0.2) is 55.2 Å². The third-order valence-electron chi connectivity index (χ3n) is 5.64. The lowest BCUT2D eigenvalue weighted by Crippen LogP contribution is -2.38. The summed E-state index contributed by atoms with van der Waals surface area (Å²) in [5.41, 5.74) is 4.77. The summed E-state index contributed by atoms with van der Waals surface area (Å²) in [6, 6.07) is 12.2. The van der Waals surface area contributed by atoms with Crippen LogP contribution in [0.1, 0.15) is 22.3 Å². The molecule has 138 valence electrons. The van der Waals surface area contributed by atoms with Crippen molar-refractivity contribution in [3.63, 3.8) is 0 Å². The van der Waals surface area contributed by atoms with Crippen LogP contribution in [0.15, 0.2) is 36.4 Å². The Morgan fingerprint density at radius 1 is 1.07 bits per heavy atom. The van der Waals surface area contributed by atoms with E-state index in [4.69, 9.17) is 9.72 Å². The van der Waals surface area contributed by atoms with Gasteiger partial charge in [-0.25, -0.2) is 4.98 Å². The number of carbonyl (C=O) groups excluding carboxylic acids is 1. The van der Waals surface area contributed by atoms with E-state index < -0.39 is 0 Å². The number of aryl methyl sites for hydroxylation is 1. The van der Waals surface area contributed by atoms with Crippen molar-refractivity contribution in [1.29, 1.82) is 0 Å². The molecule has 27 heavy (non-hydrogen) atoms. The Labute approximate surface area is 158 Å². The summed E-state index contributed by atoms with van der Waals surface area (Å²) in [5, 5.41) is 1.97. The number of rotatable bonds is 4. The van der Waals surface area contributed by atoms with E-state index in [1.54, 1.807) is 0 Å². The molecule has 1 amide bonds. The first-order valence-corrected chi connectivity index (χ1v) is 9.67. The van der Waals surface area contributed by atoms with Crippen LogP contribution in [0.3, 0.4) is 0 Å². The third-order valence-corrected chi connectivity index (χ3v) is 5.64. The molecule has 2 aromatic carbocycles. The fraction of sp³-hybridized carbons (Fsp3) is 0.364. The first-order valence-electron chi connectivity index (χ1n) is 9.67. The Morgan fingerprint density at radius 3 is 2.78 bits per heavy atom. The second-order valence-corrected chi connectivity index (χ2v) is 7.44. The first kappa shape index (κ1) is 16.7. The molecule has 1 aromatic heterocycles. The number of fused-ring (bicyclic) bond motifs is 2. The predicted octanol–water partition coefficient (Wildman–Crippen LogP) is 3.38. The maximum atomic E-state index is 13.3. The number of benzene rings is 2. The second-order valence-electron chi connectivity index (χ2n) is 7.44. The number of anilines is 1. The SMILES string of the molecule is Cc1ccc2nc3cccc4c3c(c2c1)C(=O)N4CCCN1CCOCC1. The predicted molar refractivity (Wildman–Crippen MR) is 108 cm³/mol. The van der Waals surface area contributed by atoms with Gasteiger partial charge in [0.05, 0.1) is 35.5 Å². The summed E-state index contributed by atoms with van der Waals surface area (Å²) in [6.07, 6.45) is 0.959. The highest BCUT2D eigenvalue weighted by Crippen LogP contribution is 2.40. The van der Waals surface area contributed by atoms with Crippen LogP contribution in [0.4, 0.5) is 5.69 Å². The molecule has 0 N–H and O–H groups in total. The summed E-state index contributed by atoms with van der Waals surface area (Å²) >= 11 is 0. The molecule has 0 unspecified atom stereocenters. The Kier molecular flexibility index (Phi) is 4.06. The molecule has 3 heterocycles. The molecule has 5 heteroatoms. The van der Waals surface area contributed by atoms with Gasteiger partial charge in [-0.15, -0.1) is 0 Å². The van der Waals surface area contributed by atoms with E-state index in [2.05, 4.69) is 30.0 Å². The maximum Gasteiger partial charge on any atom is 0.259 e. The van der Waals surface area contributed by atoms with Gasteiger partial charge in [0.2, 0.25) is 0 Å². The van der Waals surface area contributed by atoms with Gasteiger partial charge in [-0.2, -0.15) is 0 Å². The monoisotopic (exact) mass is 361 g/mol. The van der Waals surface area contributed by atoms with Gasteiger partial charge in [0.1, 0.15) is 0 Å². The second kappa shape index (κ2) is 6.59. The fourth-order valence-corrected chi connectivity index (χ4v) is 4.28. The molecule has 2 aliphatic heterocycles. The smallest absolute Gasteiger partial charge is 0.259 e. The zero-order valence-corrected chi connectivity index (χ0v) is 15.6. The third kappa shape index (κ3) is 2.78. The highest BCUT2D eigenvalue weighted by molar-refractivity contribution is 6.30. The minimum absolute atomic E-state index is 0.112. The number of aromatic nitrogens is 1. The van der Waals surface area contributed by atoms with Gasteiger partial charge in [0, 0.05) is 37.0 Å². The Balaban J connectivity index is 1.49. The van der Waals surface area contributed by atoms with Gasteiger partial charge < -0.3 is 9.64 Å². The molecule has 0 radical (unpaired) electrons. The lowest BCUT2D eigenvalue weighted by molar-refractivity contribution is 0.0376. The standard InChI is InChI=1S/C22H23N3O2/c1-15-6-7-17-16(14-15)20-21-18(23-17)4-2-5-19(21)25(22(20)26)9-3-8-24-10-12-27-13-11-24/h2,4-7,14H,3,8-13H2,1H3. The molecular formula is C22H23N3O2. The number of amides is 1. The van der Waals surface area contributed by atoms with Crippen LogP contribution in [0.25, 0.3) is 21.8 Å². The largest absolute Gasteiger partial charge is 0.379 e. The van der Waals surface area contributed by atoms with Crippen molar-refractivity contribution in [2.24, 2.45) is 0 Å². The molecular weight excluding hydrogens is 338 g/mol. The number of hydrogen-bond acceptors (Lipinski definition) is 4. The summed E-state index contributed by atoms with van der Waals surface area (Å²) < 4.78 is 5.41. The highest BCUT2D eigenvalue weighted by Gasteiger charge is 2.32. The van der Waals surface area contributed by atoms with Crippen molar-refractivity contribution in [3.8, 4) is 0 Å². The first-order chi connectivity index (χ1) is 13.2. The van der Waals surface area contributed by atoms with Gasteiger partial charge in [-0.1, -0.05) is 17.7 Å². The van der Waals surface area contributed by atoms with Gasteiger partial charge in [0.25, 0.3) is 5.91 Å². The lowest BCUT2D eigenvalue weighted by Gasteiger charge is -2.27. The van der Waals surface area contributed by atoms with E-state index in [1.807, 2.05) is 23.1 Å². The molecule has 2 aliphatic rings. The van der Waals surface area contributed by atoms with Crippen molar-refractivity contribution < 1.29 is 9.53 Å². The van der Waals surface area contributed by atoms with E-state index in [-0.39, 0.29) is 5.91 Å². The van der Waals surface area contributed by atoms with Crippen LogP contribution in [0.2, 0.25) is 0 Å². The van der Waals surface area contributed by atoms with Crippen LogP contribution >= 0.6 is 0 Å². The molecule has 1 fully saturated rings. The molecule has 5 rings (SSSR count). The number of ether oxygens (including phenoxy) is 1. The van der Waals surface area contributed by atoms with Gasteiger partial charge in [-0.05, 0) is 37.6 Å². The maximum absolute atomic E-state index is 13.3. The normalized spacial score (nSPS) is 17.4. The number of nitrogens with zero attached hydrogens (tertiary/aromatic N) is 3. The average Bonchev–Trinajstić information content (AvgIpc) is 2.97. The van der Waals surface area contributed by atoms with Crippen molar-refractivity contribution in [2.75, 3.05) is 44.3 Å². The molecule has 0 bridgehead atoms. The minimum Gasteiger partial charge on any atom is -0.379 e. The van der Waals surface area contributed by atoms with Crippen LogP contribution in [-0.2, 0) is 4.74 Å². The van der Waals surface area contributed by atoms with E-state index in [9.17, 15) is 4.79 Å². The van der Waals surface area contributed by atoms with Gasteiger partial charge >= 0.3 is 0 Å². The molecule has 1 saturated heterocycles. The minimum atomic E-state index is 0.112. The lowest BCUT2D eigenvalue weighted by atomic mass is 10.0. The number of morpholine rings is 1. The van der Waals surface area contributed by atoms with Gasteiger partial charge in [0.15, 0.2) is 0 Å². The molecule has 3 aromatic rings.